The fourth-order valence-corrected chi connectivity index (χ4v) is 2.48. The smallest absolute Gasteiger partial charge is 0.0532 e. The van der Waals surface area contributed by atoms with Crippen molar-refractivity contribution in [3.63, 3.8) is 0 Å². The fourth-order valence-electron chi connectivity index (χ4n) is 1.09. The number of anilines is 1. The van der Waals surface area contributed by atoms with Crippen molar-refractivity contribution in [1.82, 2.24) is 0 Å². The van der Waals surface area contributed by atoms with Gasteiger partial charge in [-0.1, -0.05) is 20.3 Å². The first-order chi connectivity index (χ1) is 6.63. The molecule has 1 rings (SSSR count). The summed E-state index contributed by atoms with van der Waals surface area (Å²) in [7, 11) is -0.877. The van der Waals surface area contributed by atoms with Gasteiger partial charge in [0.15, 0.2) is 0 Å². The van der Waals surface area contributed by atoms with Gasteiger partial charge >= 0.3 is 0 Å². The zero-order chi connectivity index (χ0) is 10.6. The SMILES string of the molecule is CCC(C)CS(=O)c1ccc(N)cc1. The molecule has 0 saturated heterocycles. The van der Waals surface area contributed by atoms with E-state index in [4.69, 9.17) is 5.73 Å². The molecular formula is C11H17NOS. The quantitative estimate of drug-likeness (QED) is 0.777. The number of nitrogens with two attached hydrogens (primary N) is 1. The Labute approximate surface area is 88.0 Å². The lowest BCUT2D eigenvalue weighted by Crippen LogP contribution is -2.07. The maximum absolute atomic E-state index is 11.8. The van der Waals surface area contributed by atoms with Crippen molar-refractivity contribution in [1.29, 1.82) is 0 Å². The Morgan fingerprint density at radius 1 is 1.36 bits per heavy atom. The molecule has 0 aromatic heterocycles. The monoisotopic (exact) mass is 211 g/mol. The third kappa shape index (κ3) is 3.14. The van der Waals surface area contributed by atoms with E-state index >= 15 is 0 Å². The summed E-state index contributed by atoms with van der Waals surface area (Å²) in [5, 5.41) is 0. The van der Waals surface area contributed by atoms with Gasteiger partial charge in [0.05, 0.1) is 10.8 Å². The van der Waals surface area contributed by atoms with Gasteiger partial charge in [-0.25, -0.2) is 0 Å². The highest BCUT2D eigenvalue weighted by Crippen LogP contribution is 2.13. The molecule has 0 aliphatic heterocycles. The minimum Gasteiger partial charge on any atom is -0.399 e. The van der Waals surface area contributed by atoms with Gasteiger partial charge in [-0.3, -0.25) is 4.21 Å². The predicted molar refractivity (Wildman–Crippen MR) is 61.6 cm³/mol. The molecule has 2 unspecified atom stereocenters. The molecule has 0 saturated carbocycles. The van der Waals surface area contributed by atoms with Gasteiger partial charge < -0.3 is 5.73 Å². The zero-order valence-electron chi connectivity index (χ0n) is 8.69. The van der Waals surface area contributed by atoms with E-state index in [0.29, 0.717) is 11.6 Å². The van der Waals surface area contributed by atoms with Gasteiger partial charge in [0.1, 0.15) is 0 Å². The van der Waals surface area contributed by atoms with Crippen LogP contribution in [0.5, 0.6) is 0 Å². The van der Waals surface area contributed by atoms with Crippen LogP contribution in [0.15, 0.2) is 29.2 Å². The Kier molecular flexibility index (Phi) is 4.14. The third-order valence-corrected chi connectivity index (χ3v) is 3.95. The molecular weight excluding hydrogens is 194 g/mol. The summed E-state index contributed by atoms with van der Waals surface area (Å²) in [4.78, 5) is 0.875. The van der Waals surface area contributed by atoms with Crippen molar-refractivity contribution in [2.75, 3.05) is 11.5 Å². The second-order valence-corrected chi connectivity index (χ2v) is 5.09. The maximum atomic E-state index is 11.8. The standard InChI is InChI=1S/C11H17NOS/c1-3-9(2)8-14(13)11-6-4-10(12)5-7-11/h4-7,9H,3,8,12H2,1-2H3. The molecule has 0 amide bonds. The van der Waals surface area contributed by atoms with Gasteiger partial charge in [0, 0.05) is 16.3 Å². The van der Waals surface area contributed by atoms with E-state index in [1.165, 1.54) is 0 Å². The number of nitrogen functional groups attached to an aromatic ring is 1. The number of hydrogen-bond acceptors (Lipinski definition) is 2. The van der Waals surface area contributed by atoms with E-state index in [9.17, 15) is 4.21 Å². The number of rotatable bonds is 4. The van der Waals surface area contributed by atoms with Crippen LogP contribution in [0.1, 0.15) is 20.3 Å². The molecule has 1 aromatic rings. The first-order valence-corrected chi connectivity index (χ1v) is 6.19. The van der Waals surface area contributed by atoms with E-state index in [-0.39, 0.29) is 0 Å². The lowest BCUT2D eigenvalue weighted by atomic mass is 10.2. The maximum Gasteiger partial charge on any atom is 0.0532 e. The first-order valence-electron chi connectivity index (χ1n) is 4.87. The molecule has 0 fully saturated rings. The molecule has 14 heavy (non-hydrogen) atoms. The van der Waals surface area contributed by atoms with Crippen LogP contribution in [0.3, 0.4) is 0 Å². The molecule has 1 aromatic carbocycles. The Morgan fingerprint density at radius 2 is 1.93 bits per heavy atom. The van der Waals surface area contributed by atoms with Gasteiger partial charge in [0.25, 0.3) is 0 Å². The van der Waals surface area contributed by atoms with E-state index in [0.717, 1.165) is 17.1 Å². The van der Waals surface area contributed by atoms with Crippen molar-refractivity contribution in [2.24, 2.45) is 5.92 Å². The van der Waals surface area contributed by atoms with Gasteiger partial charge in [0.2, 0.25) is 0 Å². The van der Waals surface area contributed by atoms with Crippen LogP contribution in [0, 0.1) is 5.92 Å². The van der Waals surface area contributed by atoms with Crippen molar-refractivity contribution in [2.45, 2.75) is 25.2 Å². The molecule has 0 aliphatic carbocycles. The average molecular weight is 211 g/mol. The minimum atomic E-state index is -0.877. The van der Waals surface area contributed by atoms with Crippen molar-refractivity contribution in [3.8, 4) is 0 Å². The topological polar surface area (TPSA) is 43.1 Å². The zero-order valence-corrected chi connectivity index (χ0v) is 9.51. The van der Waals surface area contributed by atoms with Gasteiger partial charge in [-0.05, 0) is 30.2 Å². The summed E-state index contributed by atoms with van der Waals surface area (Å²) in [6.45, 7) is 4.24. The molecule has 2 N–H and O–H groups in total. The number of hydrogen-bond donors (Lipinski definition) is 1. The largest absolute Gasteiger partial charge is 0.399 e. The van der Waals surface area contributed by atoms with Crippen LogP contribution in [-0.2, 0) is 10.8 Å². The van der Waals surface area contributed by atoms with E-state index < -0.39 is 10.8 Å². The highest BCUT2D eigenvalue weighted by atomic mass is 32.2. The van der Waals surface area contributed by atoms with E-state index in [1.807, 2.05) is 12.1 Å². The van der Waals surface area contributed by atoms with Gasteiger partial charge in [-0.2, -0.15) is 0 Å². The molecule has 0 spiro atoms. The van der Waals surface area contributed by atoms with E-state index in [2.05, 4.69) is 13.8 Å². The van der Waals surface area contributed by atoms with Crippen LogP contribution in [0.25, 0.3) is 0 Å². The van der Waals surface area contributed by atoms with Crippen LogP contribution < -0.4 is 5.73 Å². The molecule has 3 heteroatoms. The number of benzene rings is 1. The van der Waals surface area contributed by atoms with Crippen molar-refractivity contribution < 1.29 is 4.21 Å². The molecule has 2 atom stereocenters. The lowest BCUT2D eigenvalue weighted by molar-refractivity contribution is 0.615. The first kappa shape index (κ1) is 11.2. The highest BCUT2D eigenvalue weighted by molar-refractivity contribution is 7.85. The normalized spacial score (nSPS) is 15.0. The minimum absolute atomic E-state index is 0.508. The second kappa shape index (κ2) is 5.15. The summed E-state index contributed by atoms with van der Waals surface area (Å²) in [5.41, 5.74) is 6.27. The van der Waals surface area contributed by atoms with Crippen LogP contribution in [-0.4, -0.2) is 9.96 Å². The molecule has 0 radical (unpaired) electrons. The summed E-state index contributed by atoms with van der Waals surface area (Å²) < 4.78 is 11.8. The Bertz CT molecular complexity index is 308. The Balaban J connectivity index is 2.65. The predicted octanol–water partition coefficient (Wildman–Crippen LogP) is 2.42. The Morgan fingerprint density at radius 3 is 2.43 bits per heavy atom. The Hall–Kier alpha value is -0.830. The van der Waals surface area contributed by atoms with Crippen LogP contribution >= 0.6 is 0 Å². The molecule has 2 nitrogen and oxygen atoms in total. The molecule has 78 valence electrons. The van der Waals surface area contributed by atoms with Crippen LogP contribution in [0.4, 0.5) is 5.69 Å². The van der Waals surface area contributed by atoms with Crippen LogP contribution in [0.2, 0.25) is 0 Å². The highest BCUT2D eigenvalue weighted by Gasteiger charge is 2.07. The lowest BCUT2D eigenvalue weighted by Gasteiger charge is -2.07. The molecule has 0 heterocycles. The fraction of sp³-hybridized carbons (Fsp3) is 0.455. The van der Waals surface area contributed by atoms with Crippen molar-refractivity contribution >= 4 is 16.5 Å². The molecule has 0 aliphatic rings. The molecule has 0 bridgehead atoms. The van der Waals surface area contributed by atoms with E-state index in [1.54, 1.807) is 12.1 Å². The average Bonchev–Trinajstić information content (AvgIpc) is 2.18. The third-order valence-electron chi connectivity index (χ3n) is 2.28. The van der Waals surface area contributed by atoms with Gasteiger partial charge in [-0.15, -0.1) is 0 Å². The van der Waals surface area contributed by atoms with Crippen molar-refractivity contribution in [3.05, 3.63) is 24.3 Å². The summed E-state index contributed by atoms with van der Waals surface area (Å²) in [5.74, 6) is 1.24. The summed E-state index contributed by atoms with van der Waals surface area (Å²) >= 11 is 0. The summed E-state index contributed by atoms with van der Waals surface area (Å²) in [6.07, 6.45) is 1.07. The summed E-state index contributed by atoms with van der Waals surface area (Å²) in [6, 6.07) is 7.27. The second-order valence-electron chi connectivity index (χ2n) is 3.59.